The normalized spacial score (nSPS) is 26.7. The van der Waals surface area contributed by atoms with Crippen molar-refractivity contribution in [3.8, 4) is 0 Å². The number of ketones is 1. The lowest BCUT2D eigenvalue weighted by molar-refractivity contribution is -0.142. The first-order valence-corrected chi connectivity index (χ1v) is 7.60. The van der Waals surface area contributed by atoms with E-state index in [4.69, 9.17) is 4.74 Å². The summed E-state index contributed by atoms with van der Waals surface area (Å²) in [6.07, 6.45) is 13.4. The van der Waals surface area contributed by atoms with Crippen molar-refractivity contribution < 1.29 is 14.3 Å². The second-order valence-corrected chi connectivity index (χ2v) is 5.41. The molecule has 1 aliphatic heterocycles. The average molecular weight is 266 g/mol. The van der Waals surface area contributed by atoms with E-state index in [0.717, 1.165) is 25.7 Å². The Morgan fingerprint density at radius 3 is 2.16 bits per heavy atom. The highest BCUT2D eigenvalue weighted by atomic mass is 16.5. The molecular formula is C16H26O3. The summed E-state index contributed by atoms with van der Waals surface area (Å²) in [7, 11) is 0. The van der Waals surface area contributed by atoms with Crippen LogP contribution in [0.3, 0.4) is 0 Å². The number of esters is 1. The summed E-state index contributed by atoms with van der Waals surface area (Å²) in [6, 6.07) is 0. The van der Waals surface area contributed by atoms with Gasteiger partial charge < -0.3 is 4.74 Å². The fraction of sp³-hybridized carbons (Fsp3) is 0.750. The minimum atomic E-state index is -0.395. The topological polar surface area (TPSA) is 43.4 Å². The van der Waals surface area contributed by atoms with E-state index < -0.39 is 5.97 Å². The lowest BCUT2D eigenvalue weighted by atomic mass is 10.0. The van der Waals surface area contributed by atoms with Gasteiger partial charge >= 0.3 is 5.97 Å². The third-order valence-corrected chi connectivity index (χ3v) is 3.51. The van der Waals surface area contributed by atoms with Gasteiger partial charge in [0.2, 0.25) is 0 Å². The smallest absolute Gasteiger partial charge is 0.331 e. The Labute approximate surface area is 116 Å². The maximum absolute atomic E-state index is 11.5. The van der Waals surface area contributed by atoms with Crippen LogP contribution in [-0.2, 0) is 14.3 Å². The molecule has 0 aromatic rings. The molecule has 1 aliphatic rings. The van der Waals surface area contributed by atoms with E-state index in [2.05, 4.69) is 0 Å². The molecule has 0 aromatic heterocycles. The first-order chi connectivity index (χ1) is 9.18. The number of ether oxygens (including phenoxy) is 1. The molecule has 1 heterocycles. The third kappa shape index (κ3) is 8.57. The molecule has 3 heteroatoms. The zero-order valence-corrected chi connectivity index (χ0v) is 12.0. The molecule has 0 amide bonds. The molecule has 0 radical (unpaired) electrons. The number of rotatable bonds is 0. The van der Waals surface area contributed by atoms with Crippen LogP contribution < -0.4 is 0 Å². The molecule has 1 rings (SSSR count). The minimum Gasteiger partial charge on any atom is -0.460 e. The Morgan fingerprint density at radius 1 is 0.895 bits per heavy atom. The lowest BCUT2D eigenvalue weighted by Gasteiger charge is -2.11. The Hall–Kier alpha value is -1.12. The van der Waals surface area contributed by atoms with E-state index in [1.54, 1.807) is 0 Å². The Morgan fingerprint density at radius 2 is 1.47 bits per heavy atom. The molecule has 0 fully saturated rings. The first kappa shape index (κ1) is 15.9. The second kappa shape index (κ2) is 9.76. The molecule has 1 atom stereocenters. The quantitative estimate of drug-likeness (QED) is 0.623. The average Bonchev–Trinajstić information content (AvgIpc) is 2.37. The number of hydrogen-bond donors (Lipinski definition) is 0. The molecule has 1 unspecified atom stereocenters. The maximum Gasteiger partial charge on any atom is 0.331 e. The van der Waals surface area contributed by atoms with Crippen LogP contribution in [0.4, 0.5) is 0 Å². The van der Waals surface area contributed by atoms with Crippen LogP contribution in [0.5, 0.6) is 0 Å². The molecule has 0 bridgehead atoms. The molecule has 0 aromatic carbocycles. The minimum absolute atomic E-state index is 0.0247. The second-order valence-electron chi connectivity index (χ2n) is 5.41. The SMILES string of the molecule is CC1CCCCCCCCCCC(=O)/C=C/C(=O)O1. The highest BCUT2D eigenvalue weighted by molar-refractivity contribution is 5.95. The number of hydrogen-bond acceptors (Lipinski definition) is 3. The molecule has 0 saturated heterocycles. The summed E-state index contributed by atoms with van der Waals surface area (Å²) in [5, 5.41) is 0. The van der Waals surface area contributed by atoms with Crippen molar-refractivity contribution in [2.75, 3.05) is 0 Å². The summed E-state index contributed by atoms with van der Waals surface area (Å²) in [4.78, 5) is 23.0. The largest absolute Gasteiger partial charge is 0.460 e. The van der Waals surface area contributed by atoms with Crippen LogP contribution in [0.25, 0.3) is 0 Å². The van der Waals surface area contributed by atoms with Gasteiger partial charge in [0.1, 0.15) is 0 Å². The summed E-state index contributed by atoms with van der Waals surface area (Å²) in [5.74, 6) is -0.371. The third-order valence-electron chi connectivity index (χ3n) is 3.51. The van der Waals surface area contributed by atoms with Crippen LogP contribution in [0, 0.1) is 0 Å². The lowest BCUT2D eigenvalue weighted by Crippen LogP contribution is -2.13. The summed E-state index contributed by atoms with van der Waals surface area (Å²) in [6.45, 7) is 1.91. The number of carbonyl (C=O) groups excluding carboxylic acids is 2. The van der Waals surface area contributed by atoms with E-state index in [9.17, 15) is 9.59 Å². The number of cyclic esters (lactones) is 1. The Balaban J connectivity index is 2.42. The highest BCUT2D eigenvalue weighted by Gasteiger charge is 2.07. The van der Waals surface area contributed by atoms with Gasteiger partial charge in [-0.05, 0) is 32.3 Å². The van der Waals surface area contributed by atoms with Gasteiger partial charge in [-0.3, -0.25) is 4.79 Å². The highest BCUT2D eigenvalue weighted by Crippen LogP contribution is 2.13. The first-order valence-electron chi connectivity index (χ1n) is 7.60. The molecule has 0 N–H and O–H groups in total. The molecule has 0 saturated carbocycles. The van der Waals surface area contributed by atoms with E-state index in [0.29, 0.717) is 6.42 Å². The van der Waals surface area contributed by atoms with Crippen molar-refractivity contribution in [2.24, 2.45) is 0 Å². The van der Waals surface area contributed by atoms with Crippen molar-refractivity contribution in [2.45, 2.75) is 77.2 Å². The van der Waals surface area contributed by atoms with Crippen molar-refractivity contribution in [3.63, 3.8) is 0 Å². The predicted octanol–water partition coefficient (Wildman–Crippen LogP) is 3.96. The van der Waals surface area contributed by atoms with Crippen LogP contribution in [-0.4, -0.2) is 17.9 Å². The van der Waals surface area contributed by atoms with Gasteiger partial charge in [0.15, 0.2) is 5.78 Å². The molecule has 0 aliphatic carbocycles. The van der Waals surface area contributed by atoms with Gasteiger partial charge in [-0.15, -0.1) is 0 Å². The van der Waals surface area contributed by atoms with Gasteiger partial charge in [-0.1, -0.05) is 38.5 Å². The van der Waals surface area contributed by atoms with Gasteiger partial charge in [0, 0.05) is 12.5 Å². The number of allylic oxidation sites excluding steroid dienone is 1. The Kier molecular flexibility index (Phi) is 8.19. The monoisotopic (exact) mass is 266 g/mol. The van der Waals surface area contributed by atoms with Crippen LogP contribution in [0.1, 0.15) is 71.1 Å². The van der Waals surface area contributed by atoms with Crippen molar-refractivity contribution in [1.82, 2.24) is 0 Å². The molecule has 3 nitrogen and oxygen atoms in total. The number of carbonyl (C=O) groups is 2. The van der Waals surface area contributed by atoms with Crippen LogP contribution in [0.15, 0.2) is 12.2 Å². The van der Waals surface area contributed by atoms with Crippen molar-refractivity contribution in [1.29, 1.82) is 0 Å². The molecule has 108 valence electrons. The van der Waals surface area contributed by atoms with Gasteiger partial charge in [-0.25, -0.2) is 4.79 Å². The molecule has 19 heavy (non-hydrogen) atoms. The van der Waals surface area contributed by atoms with Crippen molar-refractivity contribution in [3.05, 3.63) is 12.2 Å². The van der Waals surface area contributed by atoms with Crippen LogP contribution in [0.2, 0.25) is 0 Å². The Bertz CT molecular complexity index is 307. The fourth-order valence-corrected chi connectivity index (χ4v) is 2.33. The standard InChI is InChI=1S/C16H26O3/c1-14-10-8-6-4-2-3-5-7-9-11-15(17)12-13-16(18)19-14/h12-14H,2-11H2,1H3/b13-12+. The molecular weight excluding hydrogens is 240 g/mol. The summed E-state index contributed by atoms with van der Waals surface area (Å²) < 4.78 is 5.22. The van der Waals surface area contributed by atoms with E-state index in [1.807, 2.05) is 6.92 Å². The van der Waals surface area contributed by atoms with E-state index >= 15 is 0 Å². The zero-order chi connectivity index (χ0) is 13.9. The van der Waals surface area contributed by atoms with Gasteiger partial charge in [0.05, 0.1) is 6.10 Å². The maximum atomic E-state index is 11.5. The molecule has 0 spiro atoms. The summed E-state index contributed by atoms with van der Waals surface area (Å²) in [5.41, 5.74) is 0. The van der Waals surface area contributed by atoms with Gasteiger partial charge in [-0.2, -0.15) is 0 Å². The zero-order valence-electron chi connectivity index (χ0n) is 12.0. The van der Waals surface area contributed by atoms with E-state index in [1.165, 1.54) is 44.3 Å². The van der Waals surface area contributed by atoms with E-state index in [-0.39, 0.29) is 11.9 Å². The summed E-state index contributed by atoms with van der Waals surface area (Å²) >= 11 is 0. The fourth-order valence-electron chi connectivity index (χ4n) is 2.33. The van der Waals surface area contributed by atoms with Crippen molar-refractivity contribution >= 4 is 11.8 Å². The van der Waals surface area contributed by atoms with Gasteiger partial charge in [0.25, 0.3) is 0 Å². The van der Waals surface area contributed by atoms with Crippen LogP contribution >= 0.6 is 0 Å². The predicted molar refractivity (Wildman–Crippen MR) is 75.9 cm³/mol.